The minimum atomic E-state index is -4.70. The number of ether oxygens (including phenoxy) is 1. The predicted molar refractivity (Wildman–Crippen MR) is 102 cm³/mol. The van der Waals surface area contributed by atoms with Crippen molar-refractivity contribution in [2.45, 2.75) is 57.9 Å². The highest BCUT2D eigenvalue weighted by molar-refractivity contribution is 6.33. The van der Waals surface area contributed by atoms with Gasteiger partial charge in [-0.05, 0) is 51.3 Å². The van der Waals surface area contributed by atoms with E-state index >= 15 is 0 Å². The molecule has 1 saturated heterocycles. The number of hydrogen-bond donors (Lipinski definition) is 2. The molecular formula is C19H24ClF3N2O4. The number of carboxylic acid groups (broad SMARTS) is 1. The monoisotopic (exact) mass is 436 g/mol. The molecule has 29 heavy (non-hydrogen) atoms. The van der Waals surface area contributed by atoms with E-state index in [-0.39, 0.29) is 16.3 Å². The maximum Gasteiger partial charge on any atom is 0.416 e. The maximum atomic E-state index is 13.7. The van der Waals surface area contributed by atoms with E-state index in [4.69, 9.17) is 16.3 Å². The first-order chi connectivity index (χ1) is 13.3. The fourth-order valence-electron chi connectivity index (χ4n) is 3.11. The lowest BCUT2D eigenvalue weighted by Gasteiger charge is -2.25. The first-order valence-electron chi connectivity index (χ1n) is 9.15. The minimum Gasteiger partial charge on any atom is -0.480 e. The van der Waals surface area contributed by atoms with E-state index in [2.05, 4.69) is 5.32 Å². The second-order valence-electron chi connectivity index (χ2n) is 7.89. The number of carbonyl (C=O) groups excluding carboxylic acids is 1. The van der Waals surface area contributed by atoms with Crippen molar-refractivity contribution in [3.05, 3.63) is 28.3 Å². The Bertz CT molecular complexity index is 772. The quantitative estimate of drug-likeness (QED) is 0.711. The maximum absolute atomic E-state index is 13.7. The summed E-state index contributed by atoms with van der Waals surface area (Å²) in [5.74, 6) is -1.48. The van der Waals surface area contributed by atoms with Crippen LogP contribution in [0.1, 0.15) is 44.7 Å². The Morgan fingerprint density at radius 2 is 1.83 bits per heavy atom. The Hall–Kier alpha value is -2.16. The van der Waals surface area contributed by atoms with Gasteiger partial charge in [0.05, 0.1) is 16.3 Å². The van der Waals surface area contributed by atoms with Crippen molar-refractivity contribution in [1.82, 2.24) is 5.32 Å². The molecule has 0 aromatic heterocycles. The zero-order valence-corrected chi connectivity index (χ0v) is 17.2. The van der Waals surface area contributed by atoms with E-state index in [0.717, 1.165) is 25.0 Å². The van der Waals surface area contributed by atoms with Crippen molar-refractivity contribution < 1.29 is 32.6 Å². The van der Waals surface area contributed by atoms with Crippen LogP contribution in [-0.2, 0) is 22.1 Å². The van der Waals surface area contributed by atoms with Crippen LogP contribution in [0.2, 0.25) is 5.02 Å². The van der Waals surface area contributed by atoms with Crippen LogP contribution in [-0.4, -0.2) is 41.9 Å². The van der Waals surface area contributed by atoms with E-state index in [0.29, 0.717) is 13.1 Å². The molecule has 1 amide bonds. The number of nitrogens with one attached hydrogen (secondary N) is 1. The third kappa shape index (κ3) is 6.42. The average molecular weight is 437 g/mol. The van der Waals surface area contributed by atoms with Crippen LogP contribution in [0.3, 0.4) is 0 Å². The Morgan fingerprint density at radius 1 is 1.24 bits per heavy atom. The molecule has 1 unspecified atom stereocenters. The van der Waals surface area contributed by atoms with Gasteiger partial charge in [-0.1, -0.05) is 11.6 Å². The number of amides is 1. The van der Waals surface area contributed by atoms with Gasteiger partial charge in [0, 0.05) is 19.5 Å². The lowest BCUT2D eigenvalue weighted by atomic mass is 9.98. The van der Waals surface area contributed by atoms with Crippen molar-refractivity contribution in [2.24, 2.45) is 0 Å². The summed E-state index contributed by atoms with van der Waals surface area (Å²) in [6, 6.07) is 0.472. The van der Waals surface area contributed by atoms with Crippen molar-refractivity contribution in [3.63, 3.8) is 0 Å². The molecule has 0 saturated carbocycles. The summed E-state index contributed by atoms with van der Waals surface area (Å²) in [6.07, 6.45) is -4.61. The molecule has 0 radical (unpaired) electrons. The number of carboxylic acids is 1. The van der Waals surface area contributed by atoms with E-state index in [9.17, 15) is 27.9 Å². The Morgan fingerprint density at radius 3 is 2.31 bits per heavy atom. The van der Waals surface area contributed by atoms with Crippen molar-refractivity contribution in [1.29, 1.82) is 0 Å². The van der Waals surface area contributed by atoms with Crippen LogP contribution in [0.4, 0.5) is 23.7 Å². The molecule has 2 N–H and O–H groups in total. The molecule has 1 aliphatic heterocycles. The Labute approximate surface area is 172 Å². The van der Waals surface area contributed by atoms with Crippen LogP contribution in [0.5, 0.6) is 0 Å². The van der Waals surface area contributed by atoms with Crippen molar-refractivity contribution in [2.75, 3.05) is 18.0 Å². The van der Waals surface area contributed by atoms with Gasteiger partial charge in [0.1, 0.15) is 11.6 Å². The number of halogens is 4. The van der Waals surface area contributed by atoms with E-state index in [1.807, 2.05) is 0 Å². The first kappa shape index (κ1) is 23.1. The summed E-state index contributed by atoms with van der Waals surface area (Å²) in [5.41, 5.74) is -1.90. The van der Waals surface area contributed by atoms with Gasteiger partial charge in [-0.15, -0.1) is 0 Å². The molecule has 6 nitrogen and oxygen atoms in total. The molecular weight excluding hydrogens is 413 g/mol. The largest absolute Gasteiger partial charge is 0.480 e. The summed E-state index contributed by atoms with van der Waals surface area (Å²) in [4.78, 5) is 25.2. The molecule has 0 bridgehead atoms. The van der Waals surface area contributed by atoms with Crippen LogP contribution < -0.4 is 10.2 Å². The molecule has 1 aliphatic rings. The van der Waals surface area contributed by atoms with Gasteiger partial charge in [0.15, 0.2) is 0 Å². The smallest absolute Gasteiger partial charge is 0.416 e. The second-order valence-corrected chi connectivity index (χ2v) is 8.30. The highest BCUT2D eigenvalue weighted by atomic mass is 35.5. The van der Waals surface area contributed by atoms with Crippen LogP contribution >= 0.6 is 11.6 Å². The number of nitrogens with zero attached hydrogens (tertiary/aromatic N) is 1. The number of rotatable bonds is 5. The zero-order valence-electron chi connectivity index (χ0n) is 16.4. The molecule has 1 atom stereocenters. The number of carbonyl (C=O) groups is 2. The van der Waals surface area contributed by atoms with Gasteiger partial charge in [-0.3, -0.25) is 0 Å². The molecule has 10 heteroatoms. The third-order valence-electron chi connectivity index (χ3n) is 4.34. The molecule has 2 rings (SSSR count). The summed E-state index contributed by atoms with van der Waals surface area (Å²) < 4.78 is 46.0. The fraction of sp³-hybridized carbons (Fsp3) is 0.579. The third-order valence-corrected chi connectivity index (χ3v) is 4.64. The van der Waals surface area contributed by atoms with Crippen molar-refractivity contribution >= 4 is 29.4 Å². The highest BCUT2D eigenvalue weighted by Crippen LogP contribution is 2.39. The average Bonchev–Trinajstić information content (AvgIpc) is 3.05. The molecule has 1 aromatic carbocycles. The molecule has 0 aliphatic carbocycles. The standard InChI is InChI=1S/C19H24ClF3N2O4/c1-18(2,3)29-17(28)24-14(16(26)27)9-11-8-13(20)15(25-6-4-5-7-25)10-12(11)19(21,22)23/h8,10,14H,4-7,9H2,1-3H3,(H,24,28)(H,26,27). The van der Waals surface area contributed by atoms with E-state index in [1.165, 1.54) is 0 Å². The zero-order chi connectivity index (χ0) is 22.0. The predicted octanol–water partition coefficient (Wildman–Crippen LogP) is 4.48. The number of alkyl carbamates (subject to hydrolysis) is 1. The fourth-order valence-corrected chi connectivity index (χ4v) is 3.41. The van der Waals surface area contributed by atoms with Crippen molar-refractivity contribution in [3.8, 4) is 0 Å². The number of hydrogen-bond acceptors (Lipinski definition) is 4. The van der Waals surface area contributed by atoms with Gasteiger partial charge in [0.2, 0.25) is 0 Å². The minimum absolute atomic E-state index is 0.108. The summed E-state index contributed by atoms with van der Waals surface area (Å²) in [6.45, 7) is 5.96. The van der Waals surface area contributed by atoms with Crippen LogP contribution in [0.15, 0.2) is 12.1 Å². The van der Waals surface area contributed by atoms with Gasteiger partial charge in [0.25, 0.3) is 0 Å². The second kappa shape index (κ2) is 8.69. The van der Waals surface area contributed by atoms with Crippen LogP contribution in [0, 0.1) is 0 Å². The number of anilines is 1. The SMILES string of the molecule is CC(C)(C)OC(=O)NC(Cc1cc(Cl)c(N2CCCC2)cc1C(F)(F)F)C(=O)O. The van der Waals surface area contributed by atoms with Gasteiger partial charge in [-0.25, -0.2) is 9.59 Å². The van der Waals surface area contributed by atoms with Gasteiger partial charge >= 0.3 is 18.2 Å². The molecule has 1 heterocycles. The highest BCUT2D eigenvalue weighted by Gasteiger charge is 2.36. The van der Waals surface area contributed by atoms with E-state index in [1.54, 1.807) is 25.7 Å². The molecule has 1 fully saturated rings. The summed E-state index contributed by atoms with van der Waals surface area (Å²) >= 11 is 6.22. The number of alkyl halides is 3. The van der Waals surface area contributed by atoms with Gasteiger partial charge < -0.3 is 20.1 Å². The topological polar surface area (TPSA) is 78.9 Å². The summed E-state index contributed by atoms with van der Waals surface area (Å²) in [7, 11) is 0. The lowest BCUT2D eigenvalue weighted by Crippen LogP contribution is -2.45. The molecule has 0 spiro atoms. The van der Waals surface area contributed by atoms with E-state index < -0.39 is 41.9 Å². The molecule has 1 aromatic rings. The number of benzene rings is 1. The lowest BCUT2D eigenvalue weighted by molar-refractivity contribution is -0.141. The normalized spacial score (nSPS) is 15.9. The summed E-state index contributed by atoms with van der Waals surface area (Å²) in [5, 5.41) is 11.6. The molecule has 162 valence electrons. The number of aliphatic carboxylic acids is 1. The first-order valence-corrected chi connectivity index (χ1v) is 9.52. The van der Waals surface area contributed by atoms with Crippen LogP contribution in [0.25, 0.3) is 0 Å². The Balaban J connectivity index is 2.34. The van der Waals surface area contributed by atoms with Gasteiger partial charge in [-0.2, -0.15) is 13.2 Å². The Kier molecular flexibility index (Phi) is 6.93.